The van der Waals surface area contributed by atoms with Gasteiger partial charge in [-0.05, 0) is 36.3 Å². The Morgan fingerprint density at radius 1 is 1.04 bits per heavy atom. The van der Waals surface area contributed by atoms with Crippen molar-refractivity contribution in [3.8, 4) is 0 Å². The first-order valence-electron chi connectivity index (χ1n) is 6.69. The van der Waals surface area contributed by atoms with Gasteiger partial charge in [0, 0.05) is 5.39 Å². The van der Waals surface area contributed by atoms with Crippen molar-refractivity contribution < 1.29 is 30.1 Å². The molecule has 0 fully saturated rings. The third-order valence-electron chi connectivity index (χ3n) is 3.33. The molecule has 126 valence electrons. The van der Waals surface area contributed by atoms with Gasteiger partial charge in [0.05, 0.1) is 6.61 Å². The molecule has 0 unspecified atom stereocenters. The van der Waals surface area contributed by atoms with Gasteiger partial charge in [-0.1, -0.05) is 30.3 Å². The van der Waals surface area contributed by atoms with Crippen LogP contribution in [0, 0.1) is 6.92 Å². The van der Waals surface area contributed by atoms with Crippen LogP contribution in [0.25, 0.3) is 10.8 Å². The van der Waals surface area contributed by atoms with E-state index in [9.17, 15) is 21.4 Å². The van der Waals surface area contributed by atoms with Crippen molar-refractivity contribution in [2.75, 3.05) is 6.61 Å². The van der Waals surface area contributed by atoms with E-state index in [1.54, 1.807) is 37.3 Å². The van der Waals surface area contributed by atoms with Crippen LogP contribution in [0.1, 0.15) is 17.5 Å². The van der Waals surface area contributed by atoms with Gasteiger partial charge in [0.2, 0.25) is 0 Å². The minimum atomic E-state index is -4.43. The van der Waals surface area contributed by atoms with E-state index < -0.39 is 20.5 Å². The fraction of sp³-hybridized carbons (Fsp3) is 0.286. The van der Waals surface area contributed by atoms with Crippen molar-refractivity contribution >= 4 is 31.3 Å². The van der Waals surface area contributed by atoms with Gasteiger partial charge in [0.25, 0.3) is 10.1 Å². The van der Waals surface area contributed by atoms with E-state index in [2.05, 4.69) is 4.18 Å². The lowest BCUT2D eigenvalue weighted by molar-refractivity contribution is 0.265. The highest BCUT2D eigenvalue weighted by atomic mass is 32.3. The van der Waals surface area contributed by atoms with Crippen LogP contribution in [0.15, 0.2) is 35.2 Å². The summed E-state index contributed by atoms with van der Waals surface area (Å²) in [5.74, 6) is 0. The topological polar surface area (TPSA) is 118 Å². The number of benzene rings is 2. The first-order chi connectivity index (χ1) is 10.6. The van der Waals surface area contributed by atoms with Crippen molar-refractivity contribution in [3.05, 3.63) is 41.5 Å². The maximum atomic E-state index is 11.5. The zero-order valence-electron chi connectivity index (χ0n) is 12.3. The van der Waals surface area contributed by atoms with Crippen molar-refractivity contribution in [2.24, 2.45) is 0 Å². The molecule has 2 aromatic rings. The summed E-state index contributed by atoms with van der Waals surface area (Å²) >= 11 is 0. The molecule has 0 saturated heterocycles. The molecule has 0 aromatic heterocycles. The summed E-state index contributed by atoms with van der Waals surface area (Å²) in [5, 5.41) is 1.07. The Balaban J connectivity index is 2.25. The Morgan fingerprint density at radius 2 is 1.74 bits per heavy atom. The molecular weight excluding hydrogens is 344 g/mol. The monoisotopic (exact) mass is 360 g/mol. The van der Waals surface area contributed by atoms with E-state index in [-0.39, 0.29) is 11.5 Å². The third-order valence-corrected chi connectivity index (χ3v) is 4.85. The van der Waals surface area contributed by atoms with Crippen LogP contribution in [0.4, 0.5) is 0 Å². The second-order valence-corrected chi connectivity index (χ2v) is 7.54. The Kier molecular flexibility index (Phi) is 5.07. The smallest absolute Gasteiger partial charge is 0.282 e. The SMILES string of the molecule is Cc1ccc2cc(CCCOS(=O)(=O)O)ccc2c1S(=O)(=O)O. The molecule has 0 radical (unpaired) electrons. The second kappa shape index (κ2) is 6.54. The Morgan fingerprint density at radius 3 is 2.35 bits per heavy atom. The fourth-order valence-corrected chi connectivity index (χ4v) is 3.67. The molecule has 2 rings (SSSR count). The second-order valence-electron chi connectivity index (χ2n) is 5.10. The fourth-order valence-electron chi connectivity index (χ4n) is 2.40. The van der Waals surface area contributed by atoms with Crippen LogP contribution >= 0.6 is 0 Å². The van der Waals surface area contributed by atoms with Crippen LogP contribution in [-0.4, -0.2) is 32.5 Å². The molecule has 23 heavy (non-hydrogen) atoms. The molecule has 0 aliphatic rings. The highest BCUT2D eigenvalue weighted by Gasteiger charge is 2.17. The van der Waals surface area contributed by atoms with Crippen LogP contribution < -0.4 is 0 Å². The summed E-state index contributed by atoms with van der Waals surface area (Å²) < 4.78 is 66.0. The van der Waals surface area contributed by atoms with Gasteiger partial charge < -0.3 is 0 Å². The van der Waals surface area contributed by atoms with Gasteiger partial charge in [-0.3, -0.25) is 9.11 Å². The zero-order valence-corrected chi connectivity index (χ0v) is 13.9. The molecule has 2 aromatic carbocycles. The summed E-state index contributed by atoms with van der Waals surface area (Å²) in [6, 6.07) is 8.42. The maximum Gasteiger partial charge on any atom is 0.397 e. The summed E-state index contributed by atoms with van der Waals surface area (Å²) in [4.78, 5) is -0.115. The molecule has 0 saturated carbocycles. The summed E-state index contributed by atoms with van der Waals surface area (Å²) in [6.45, 7) is 1.45. The Bertz CT molecular complexity index is 931. The number of aryl methyl sites for hydroxylation is 2. The van der Waals surface area contributed by atoms with Gasteiger partial charge >= 0.3 is 10.4 Å². The number of rotatable bonds is 6. The molecule has 7 nitrogen and oxygen atoms in total. The van der Waals surface area contributed by atoms with Crippen molar-refractivity contribution in [3.63, 3.8) is 0 Å². The van der Waals surface area contributed by atoms with Crippen molar-refractivity contribution in [2.45, 2.75) is 24.7 Å². The summed E-state index contributed by atoms with van der Waals surface area (Å²) in [6.07, 6.45) is 0.850. The highest BCUT2D eigenvalue weighted by molar-refractivity contribution is 7.86. The predicted octanol–water partition coefficient (Wildman–Crippen LogP) is 2.15. The lowest BCUT2D eigenvalue weighted by Gasteiger charge is -2.09. The van der Waals surface area contributed by atoms with Gasteiger partial charge in [-0.2, -0.15) is 16.8 Å². The number of hydrogen-bond acceptors (Lipinski definition) is 5. The van der Waals surface area contributed by atoms with E-state index in [0.717, 1.165) is 5.56 Å². The van der Waals surface area contributed by atoms with Crippen molar-refractivity contribution in [1.29, 1.82) is 0 Å². The molecule has 9 heteroatoms. The molecule has 2 N–H and O–H groups in total. The molecule has 0 aliphatic heterocycles. The quantitative estimate of drug-likeness (QED) is 0.598. The zero-order chi connectivity index (χ0) is 17.3. The predicted molar refractivity (Wildman–Crippen MR) is 84.3 cm³/mol. The molecule has 0 heterocycles. The van der Waals surface area contributed by atoms with E-state index in [0.29, 0.717) is 29.2 Å². The van der Waals surface area contributed by atoms with Gasteiger partial charge in [-0.15, -0.1) is 0 Å². The van der Waals surface area contributed by atoms with Gasteiger partial charge in [0.1, 0.15) is 4.90 Å². The van der Waals surface area contributed by atoms with E-state index >= 15 is 0 Å². The van der Waals surface area contributed by atoms with Crippen LogP contribution in [-0.2, 0) is 31.1 Å². The van der Waals surface area contributed by atoms with E-state index in [4.69, 9.17) is 4.55 Å². The standard InChI is InChI=1S/C14H16O7S2/c1-10-4-6-12-9-11(3-2-8-21-23(18,19)20)5-7-13(12)14(10)22(15,16)17/h4-7,9H,2-3,8H2,1H3,(H,15,16,17)(H,18,19,20). The minimum absolute atomic E-state index is 0.115. The first-order valence-corrected chi connectivity index (χ1v) is 9.50. The first kappa shape index (κ1) is 17.8. The minimum Gasteiger partial charge on any atom is -0.282 e. The molecule has 0 amide bonds. The van der Waals surface area contributed by atoms with E-state index in [1.807, 2.05) is 0 Å². The molecule has 0 spiro atoms. The molecule has 0 atom stereocenters. The Hall–Kier alpha value is -1.52. The third kappa shape index (κ3) is 4.72. The maximum absolute atomic E-state index is 11.5. The van der Waals surface area contributed by atoms with Crippen LogP contribution in [0.2, 0.25) is 0 Å². The largest absolute Gasteiger partial charge is 0.397 e. The Labute approximate surface area is 134 Å². The van der Waals surface area contributed by atoms with Gasteiger partial charge in [-0.25, -0.2) is 4.18 Å². The van der Waals surface area contributed by atoms with Crippen LogP contribution in [0.3, 0.4) is 0 Å². The normalized spacial score (nSPS) is 12.7. The summed E-state index contributed by atoms with van der Waals surface area (Å²) in [5.41, 5.74) is 1.30. The molecular formula is C14H16O7S2. The number of hydrogen-bond donors (Lipinski definition) is 2. The van der Waals surface area contributed by atoms with E-state index in [1.165, 1.54) is 0 Å². The highest BCUT2D eigenvalue weighted by Crippen LogP contribution is 2.27. The average Bonchev–Trinajstić information content (AvgIpc) is 2.41. The van der Waals surface area contributed by atoms with Gasteiger partial charge in [0.15, 0.2) is 0 Å². The molecule has 0 bridgehead atoms. The lowest BCUT2D eigenvalue weighted by atomic mass is 10.0. The number of fused-ring (bicyclic) bond motifs is 1. The average molecular weight is 360 g/mol. The summed E-state index contributed by atoms with van der Waals surface area (Å²) in [7, 11) is -8.76. The molecule has 0 aliphatic carbocycles. The van der Waals surface area contributed by atoms with Crippen molar-refractivity contribution in [1.82, 2.24) is 0 Å². The van der Waals surface area contributed by atoms with Crippen LogP contribution in [0.5, 0.6) is 0 Å². The lowest BCUT2D eigenvalue weighted by Crippen LogP contribution is -2.05.